The maximum absolute atomic E-state index is 8.74. The summed E-state index contributed by atoms with van der Waals surface area (Å²) in [5.74, 6) is 1.18. The molecule has 0 aliphatic carbocycles. The second kappa shape index (κ2) is 6.51. The third-order valence-electron chi connectivity index (χ3n) is 3.43. The Morgan fingerprint density at radius 1 is 1.50 bits per heavy atom. The van der Waals surface area contributed by atoms with Crippen molar-refractivity contribution in [1.29, 1.82) is 0 Å². The Bertz CT molecular complexity index is 486. The molecule has 7 heteroatoms. The van der Waals surface area contributed by atoms with Crippen LogP contribution in [-0.2, 0) is 4.74 Å². The summed E-state index contributed by atoms with van der Waals surface area (Å²) in [6.07, 6.45) is 2.12. The number of aromatic nitrogens is 2. The highest BCUT2D eigenvalue weighted by molar-refractivity contribution is 5.95. The quantitative estimate of drug-likeness (QED) is 0.365. The molecular formula is C13H21N5O2. The van der Waals surface area contributed by atoms with Gasteiger partial charge in [0, 0.05) is 32.5 Å². The van der Waals surface area contributed by atoms with Crippen LogP contribution in [0.25, 0.3) is 0 Å². The van der Waals surface area contributed by atoms with Crippen LogP contribution < -0.4 is 10.6 Å². The number of rotatable bonds is 4. The van der Waals surface area contributed by atoms with Crippen LogP contribution in [0.1, 0.15) is 24.2 Å². The molecule has 0 aromatic carbocycles. The summed E-state index contributed by atoms with van der Waals surface area (Å²) in [5, 5.41) is 11.7. The number of nitrogens with zero attached hydrogens (tertiary/aromatic N) is 4. The lowest BCUT2D eigenvalue weighted by Gasteiger charge is -2.27. The molecule has 0 spiro atoms. The Hall–Kier alpha value is -1.89. The highest BCUT2D eigenvalue weighted by Gasteiger charge is 2.18. The maximum atomic E-state index is 8.74. The highest BCUT2D eigenvalue weighted by atomic mass is 16.5. The van der Waals surface area contributed by atoms with E-state index in [1.54, 1.807) is 6.07 Å². The van der Waals surface area contributed by atoms with E-state index >= 15 is 0 Å². The van der Waals surface area contributed by atoms with Gasteiger partial charge in [-0.3, -0.25) is 0 Å². The molecule has 0 saturated carbocycles. The smallest absolute Gasteiger partial charge is 0.225 e. The van der Waals surface area contributed by atoms with Crippen molar-refractivity contribution in [3.63, 3.8) is 0 Å². The molecular weight excluding hydrogens is 258 g/mol. The van der Waals surface area contributed by atoms with Gasteiger partial charge in [0.1, 0.15) is 5.69 Å². The second-order valence-electron chi connectivity index (χ2n) is 5.12. The molecule has 7 nitrogen and oxygen atoms in total. The van der Waals surface area contributed by atoms with E-state index in [0.29, 0.717) is 17.6 Å². The minimum Gasteiger partial charge on any atom is -0.409 e. The van der Waals surface area contributed by atoms with Gasteiger partial charge in [0.2, 0.25) is 5.95 Å². The van der Waals surface area contributed by atoms with E-state index in [1.807, 2.05) is 18.9 Å². The highest BCUT2D eigenvalue weighted by Crippen LogP contribution is 2.18. The SMILES string of the molecule is Cc1cc(/C(N)=N/O)nc(N(C)CC2CCOCC2)n1. The van der Waals surface area contributed by atoms with Gasteiger partial charge in [-0.2, -0.15) is 0 Å². The number of nitrogens with two attached hydrogens (primary N) is 1. The number of hydrogen-bond donors (Lipinski definition) is 2. The molecule has 0 atom stereocenters. The second-order valence-corrected chi connectivity index (χ2v) is 5.12. The van der Waals surface area contributed by atoms with Crippen LogP contribution in [0.15, 0.2) is 11.2 Å². The lowest BCUT2D eigenvalue weighted by molar-refractivity contribution is 0.0684. The zero-order valence-electron chi connectivity index (χ0n) is 11.9. The average molecular weight is 279 g/mol. The molecule has 1 aromatic heterocycles. The van der Waals surface area contributed by atoms with Crippen molar-refractivity contribution in [3.05, 3.63) is 17.5 Å². The zero-order valence-corrected chi connectivity index (χ0v) is 11.9. The van der Waals surface area contributed by atoms with Crippen LogP contribution in [0.2, 0.25) is 0 Å². The number of hydrogen-bond acceptors (Lipinski definition) is 6. The molecule has 3 N–H and O–H groups in total. The number of ether oxygens (including phenoxy) is 1. The Morgan fingerprint density at radius 3 is 2.85 bits per heavy atom. The molecule has 20 heavy (non-hydrogen) atoms. The van der Waals surface area contributed by atoms with Crippen molar-refractivity contribution >= 4 is 11.8 Å². The topological polar surface area (TPSA) is 96.9 Å². The van der Waals surface area contributed by atoms with Gasteiger partial charge >= 0.3 is 0 Å². The zero-order chi connectivity index (χ0) is 14.5. The summed E-state index contributed by atoms with van der Waals surface area (Å²) >= 11 is 0. The fourth-order valence-electron chi connectivity index (χ4n) is 2.30. The van der Waals surface area contributed by atoms with Crippen molar-refractivity contribution in [3.8, 4) is 0 Å². The average Bonchev–Trinajstić information content (AvgIpc) is 2.46. The molecule has 0 amide bonds. The fourth-order valence-corrected chi connectivity index (χ4v) is 2.30. The van der Waals surface area contributed by atoms with Crippen molar-refractivity contribution in [2.24, 2.45) is 16.8 Å². The molecule has 1 saturated heterocycles. The summed E-state index contributed by atoms with van der Waals surface area (Å²) in [7, 11) is 1.96. The Labute approximate surface area is 118 Å². The summed E-state index contributed by atoms with van der Waals surface area (Å²) in [6.45, 7) is 4.38. The predicted octanol–water partition coefficient (Wildman–Crippen LogP) is 0.742. The Morgan fingerprint density at radius 2 is 2.20 bits per heavy atom. The molecule has 110 valence electrons. The van der Waals surface area contributed by atoms with E-state index in [0.717, 1.165) is 38.3 Å². The van der Waals surface area contributed by atoms with Crippen LogP contribution in [0, 0.1) is 12.8 Å². The first-order chi connectivity index (χ1) is 9.60. The third kappa shape index (κ3) is 3.57. The minimum absolute atomic E-state index is 0.00350. The molecule has 0 unspecified atom stereocenters. The van der Waals surface area contributed by atoms with Crippen molar-refractivity contribution in [2.45, 2.75) is 19.8 Å². The van der Waals surface area contributed by atoms with Gasteiger partial charge in [0.05, 0.1) is 0 Å². The van der Waals surface area contributed by atoms with Gasteiger partial charge in [-0.1, -0.05) is 5.16 Å². The normalized spacial score (nSPS) is 17.2. The van der Waals surface area contributed by atoms with Gasteiger partial charge in [-0.05, 0) is 31.7 Å². The van der Waals surface area contributed by atoms with Crippen molar-refractivity contribution in [1.82, 2.24) is 9.97 Å². The summed E-state index contributed by atoms with van der Waals surface area (Å²) < 4.78 is 5.36. The van der Waals surface area contributed by atoms with E-state index < -0.39 is 0 Å². The lowest BCUT2D eigenvalue weighted by Crippen LogP contribution is -2.31. The minimum atomic E-state index is -0.00350. The molecule has 1 fully saturated rings. The fraction of sp³-hybridized carbons (Fsp3) is 0.615. The van der Waals surface area contributed by atoms with E-state index in [1.165, 1.54) is 0 Å². The van der Waals surface area contributed by atoms with E-state index in [2.05, 4.69) is 15.1 Å². The van der Waals surface area contributed by atoms with E-state index in [4.69, 9.17) is 15.7 Å². The molecule has 1 aromatic rings. The van der Waals surface area contributed by atoms with Crippen LogP contribution >= 0.6 is 0 Å². The summed E-state index contributed by atoms with van der Waals surface area (Å²) in [4.78, 5) is 10.8. The van der Waals surface area contributed by atoms with Gasteiger partial charge in [-0.15, -0.1) is 0 Å². The largest absolute Gasteiger partial charge is 0.409 e. The molecule has 0 bridgehead atoms. The van der Waals surface area contributed by atoms with Crippen molar-refractivity contribution in [2.75, 3.05) is 31.7 Å². The first kappa shape index (κ1) is 14.5. The standard InChI is InChI=1S/C13H21N5O2/c1-9-7-11(12(14)17-19)16-13(15-9)18(2)8-10-3-5-20-6-4-10/h7,10,19H,3-6,8H2,1-2H3,(H2,14,17). The third-order valence-corrected chi connectivity index (χ3v) is 3.43. The summed E-state index contributed by atoms with van der Waals surface area (Å²) in [6, 6.07) is 1.70. The molecule has 2 rings (SSSR count). The Balaban J connectivity index is 2.12. The molecule has 1 aliphatic heterocycles. The number of amidine groups is 1. The van der Waals surface area contributed by atoms with Gasteiger partial charge in [0.15, 0.2) is 5.84 Å². The van der Waals surface area contributed by atoms with Crippen LogP contribution in [0.5, 0.6) is 0 Å². The number of aryl methyl sites for hydroxylation is 1. The number of oxime groups is 1. The van der Waals surface area contributed by atoms with Crippen LogP contribution in [0.3, 0.4) is 0 Å². The van der Waals surface area contributed by atoms with Gasteiger partial charge in [-0.25, -0.2) is 9.97 Å². The van der Waals surface area contributed by atoms with Gasteiger partial charge < -0.3 is 20.6 Å². The molecule has 0 radical (unpaired) electrons. The molecule has 1 aliphatic rings. The first-order valence-electron chi connectivity index (χ1n) is 6.72. The van der Waals surface area contributed by atoms with Crippen LogP contribution in [-0.4, -0.2) is 47.8 Å². The number of anilines is 1. The monoisotopic (exact) mass is 279 g/mol. The lowest BCUT2D eigenvalue weighted by atomic mass is 10.00. The van der Waals surface area contributed by atoms with Crippen molar-refractivity contribution < 1.29 is 9.94 Å². The molecule has 2 heterocycles. The van der Waals surface area contributed by atoms with Gasteiger partial charge in [0.25, 0.3) is 0 Å². The summed E-state index contributed by atoms with van der Waals surface area (Å²) in [5.41, 5.74) is 6.82. The Kier molecular flexibility index (Phi) is 4.73. The first-order valence-corrected chi connectivity index (χ1v) is 6.72. The maximum Gasteiger partial charge on any atom is 0.225 e. The predicted molar refractivity (Wildman–Crippen MR) is 76.1 cm³/mol. The van der Waals surface area contributed by atoms with E-state index in [-0.39, 0.29) is 5.84 Å². The van der Waals surface area contributed by atoms with Crippen LogP contribution in [0.4, 0.5) is 5.95 Å². The van der Waals surface area contributed by atoms with E-state index in [9.17, 15) is 0 Å².